The molecule has 4 N–H and O–H groups in total. The molecule has 3 fully saturated rings. The predicted molar refractivity (Wildman–Crippen MR) is 218 cm³/mol. The number of aromatic nitrogens is 2. The Morgan fingerprint density at radius 3 is 2.38 bits per heavy atom. The Kier molecular flexibility index (Phi) is 15.1. The summed E-state index contributed by atoms with van der Waals surface area (Å²) in [4.78, 5) is 79.8. The molecule has 4 heterocycles. The van der Waals surface area contributed by atoms with E-state index in [1.807, 2.05) is 50.2 Å². The van der Waals surface area contributed by atoms with Gasteiger partial charge in [-0.25, -0.2) is 25.0 Å². The summed E-state index contributed by atoms with van der Waals surface area (Å²) in [6.45, 7) is 13.3. The Hall–Kier alpha value is -4.55. The zero-order chi connectivity index (χ0) is 44.1. The molecule has 3 aliphatic rings. The van der Waals surface area contributed by atoms with Crippen LogP contribution in [-0.4, -0.2) is 124 Å². The number of carbonyl (C=O) groups is 5. The van der Waals surface area contributed by atoms with Crippen molar-refractivity contribution in [3.05, 3.63) is 48.3 Å². The minimum atomic E-state index is -1.77. The number of hydrogen-bond acceptors (Lipinski definition) is 15. The van der Waals surface area contributed by atoms with Crippen molar-refractivity contribution in [3.63, 3.8) is 0 Å². The van der Waals surface area contributed by atoms with E-state index in [-0.39, 0.29) is 30.8 Å². The molecule has 2 amide bonds. The quantitative estimate of drug-likeness (QED) is 0.0881. The van der Waals surface area contributed by atoms with Crippen molar-refractivity contribution < 1.29 is 52.8 Å². The van der Waals surface area contributed by atoms with Gasteiger partial charge in [0.15, 0.2) is 23.5 Å². The van der Waals surface area contributed by atoms with Crippen LogP contribution < -0.4 is 16.2 Å². The molecule has 0 aliphatic carbocycles. The van der Waals surface area contributed by atoms with Gasteiger partial charge in [0.25, 0.3) is 0 Å². The second-order valence-corrected chi connectivity index (χ2v) is 17.1. The van der Waals surface area contributed by atoms with Gasteiger partial charge >= 0.3 is 18.2 Å². The van der Waals surface area contributed by atoms with Gasteiger partial charge in [-0.2, -0.15) is 0 Å². The SMILES string of the molecule is CC[C@H]1OC(=O)[C@H](C)C(=O)[C@H](C)[C@@H](O[C@@H]2O[C@H](C)C[C@H](N(C)C)[C@H]2O)[C@](C)(OC(=O)NNCCc2cccc(-c3ncccn3)c2)C[C@@H](C)C(=O)[C@H](C)[C@H]2NC(=O)O[C@@]21C. The molecule has 1 aromatic carbocycles. The van der Waals surface area contributed by atoms with Crippen molar-refractivity contribution in [1.82, 2.24) is 31.0 Å². The first kappa shape index (κ1) is 46.5. The second-order valence-electron chi connectivity index (χ2n) is 17.1. The number of fused-ring (bicyclic) bond motifs is 1. The molecule has 60 heavy (non-hydrogen) atoms. The van der Waals surface area contributed by atoms with Crippen LogP contribution in [0, 0.1) is 23.7 Å². The number of carbonyl (C=O) groups excluding carboxylic acids is 5. The number of rotatable bonds is 10. The largest absolute Gasteiger partial charge is 0.458 e. The molecular formula is C43H62N6O11. The zero-order valence-corrected chi connectivity index (χ0v) is 36.3. The first-order chi connectivity index (χ1) is 28.3. The molecule has 17 nitrogen and oxygen atoms in total. The average Bonchev–Trinajstić information content (AvgIpc) is 3.53. The third kappa shape index (κ3) is 10.3. The monoisotopic (exact) mass is 838 g/mol. The predicted octanol–water partition coefficient (Wildman–Crippen LogP) is 3.76. The molecule has 0 unspecified atom stereocenters. The van der Waals surface area contributed by atoms with Crippen molar-refractivity contribution in [2.45, 2.75) is 135 Å². The molecule has 17 heteroatoms. The molecule has 13 atom stereocenters. The number of nitrogens with zero attached hydrogens (tertiary/aromatic N) is 3. The Balaban J connectivity index is 1.47. The normalized spacial score (nSPS) is 35.4. The summed E-state index contributed by atoms with van der Waals surface area (Å²) in [5.41, 5.74) is 4.06. The van der Waals surface area contributed by atoms with Crippen LogP contribution in [0.3, 0.4) is 0 Å². The molecule has 330 valence electrons. The maximum atomic E-state index is 14.4. The summed E-state index contributed by atoms with van der Waals surface area (Å²) in [5.74, 6) is -5.44. The highest BCUT2D eigenvalue weighted by molar-refractivity contribution is 6.00. The maximum Gasteiger partial charge on any atom is 0.422 e. The highest BCUT2D eigenvalue weighted by atomic mass is 16.7. The number of hydrogen-bond donors (Lipinski definition) is 4. The smallest absolute Gasteiger partial charge is 0.422 e. The number of likely N-dealkylation sites (N-methyl/N-ethyl adjacent to an activating group) is 1. The minimum Gasteiger partial charge on any atom is -0.458 e. The van der Waals surface area contributed by atoms with Crippen LogP contribution >= 0.6 is 0 Å². The van der Waals surface area contributed by atoms with Crippen LogP contribution in [0.15, 0.2) is 42.7 Å². The lowest BCUT2D eigenvalue weighted by molar-refractivity contribution is -0.292. The van der Waals surface area contributed by atoms with Gasteiger partial charge in [0.05, 0.1) is 12.1 Å². The summed E-state index contributed by atoms with van der Waals surface area (Å²) < 4.78 is 30.7. The summed E-state index contributed by atoms with van der Waals surface area (Å²) in [5, 5.41) is 14.3. The number of hydrazine groups is 1. The number of aliphatic hydroxyl groups is 1. The Morgan fingerprint density at radius 2 is 1.72 bits per heavy atom. The molecule has 0 bridgehead atoms. The Bertz CT molecular complexity index is 1850. The van der Waals surface area contributed by atoms with Crippen LogP contribution in [0.25, 0.3) is 11.4 Å². The van der Waals surface area contributed by atoms with Crippen molar-refractivity contribution in [3.8, 4) is 11.4 Å². The summed E-state index contributed by atoms with van der Waals surface area (Å²) in [6, 6.07) is 8.15. The number of ether oxygens (including phenoxy) is 5. The zero-order valence-electron chi connectivity index (χ0n) is 36.3. The van der Waals surface area contributed by atoms with Crippen LogP contribution in [0.5, 0.6) is 0 Å². The fraction of sp³-hybridized carbons (Fsp3) is 0.651. The molecule has 3 aliphatic heterocycles. The lowest BCUT2D eigenvalue weighted by Gasteiger charge is -2.47. The topological polar surface area (TPSA) is 217 Å². The molecule has 1 aromatic heterocycles. The number of aliphatic hydroxyl groups excluding tert-OH is 1. The molecule has 0 saturated carbocycles. The van der Waals surface area contributed by atoms with E-state index in [0.717, 1.165) is 11.1 Å². The number of ketones is 2. The molecule has 2 aromatic rings. The lowest BCUT2D eigenvalue weighted by atomic mass is 9.73. The van der Waals surface area contributed by atoms with E-state index >= 15 is 0 Å². The number of cyclic esters (lactones) is 1. The van der Waals surface area contributed by atoms with E-state index in [1.165, 1.54) is 6.92 Å². The van der Waals surface area contributed by atoms with E-state index < -0.39 is 89.5 Å². The minimum absolute atomic E-state index is 0.163. The first-order valence-corrected chi connectivity index (χ1v) is 20.8. The third-order valence-electron chi connectivity index (χ3n) is 12.3. The highest BCUT2D eigenvalue weighted by Crippen LogP contribution is 2.40. The van der Waals surface area contributed by atoms with Gasteiger partial charge in [-0.3, -0.25) is 19.8 Å². The average molecular weight is 839 g/mol. The number of nitrogens with one attached hydrogen (secondary N) is 3. The van der Waals surface area contributed by atoms with Crippen molar-refractivity contribution in [2.24, 2.45) is 23.7 Å². The maximum absolute atomic E-state index is 14.4. The van der Waals surface area contributed by atoms with E-state index in [0.29, 0.717) is 25.2 Å². The number of esters is 1. The molecule has 0 radical (unpaired) electrons. The van der Waals surface area contributed by atoms with E-state index in [9.17, 15) is 29.1 Å². The van der Waals surface area contributed by atoms with Gasteiger partial charge in [0.2, 0.25) is 0 Å². The van der Waals surface area contributed by atoms with Crippen molar-refractivity contribution >= 4 is 29.7 Å². The van der Waals surface area contributed by atoms with E-state index in [4.69, 9.17) is 23.7 Å². The van der Waals surface area contributed by atoms with Crippen molar-refractivity contribution in [1.29, 1.82) is 0 Å². The molecule has 5 rings (SSSR count). The van der Waals surface area contributed by atoms with Gasteiger partial charge in [0, 0.05) is 48.3 Å². The number of alkyl carbamates (subject to hydrolysis) is 1. The number of Topliss-reactive ketones (excluding diaryl/α,β-unsaturated/α-hetero) is 2. The van der Waals surface area contributed by atoms with E-state index in [1.54, 1.807) is 60.0 Å². The molecule has 0 spiro atoms. The number of amides is 2. The molecule has 3 saturated heterocycles. The van der Waals surface area contributed by atoms with Crippen LogP contribution in [0.4, 0.5) is 9.59 Å². The fourth-order valence-corrected chi connectivity index (χ4v) is 8.98. The summed E-state index contributed by atoms with van der Waals surface area (Å²) >= 11 is 0. The third-order valence-corrected chi connectivity index (χ3v) is 12.3. The van der Waals surface area contributed by atoms with Crippen LogP contribution in [0.2, 0.25) is 0 Å². The first-order valence-electron chi connectivity index (χ1n) is 20.8. The highest BCUT2D eigenvalue weighted by Gasteiger charge is 2.57. The fourth-order valence-electron chi connectivity index (χ4n) is 8.98. The summed E-state index contributed by atoms with van der Waals surface area (Å²) in [7, 11) is 3.65. The Labute approximate surface area is 352 Å². The van der Waals surface area contributed by atoms with Gasteiger partial charge < -0.3 is 39.0 Å². The van der Waals surface area contributed by atoms with Gasteiger partial charge in [0.1, 0.15) is 35.6 Å². The van der Waals surface area contributed by atoms with Gasteiger partial charge in [-0.1, -0.05) is 45.9 Å². The van der Waals surface area contributed by atoms with Gasteiger partial charge in [-0.15, -0.1) is 0 Å². The van der Waals surface area contributed by atoms with Gasteiger partial charge in [-0.05, 0) is 85.2 Å². The molecular weight excluding hydrogens is 777 g/mol. The second kappa shape index (κ2) is 19.4. The lowest BCUT2D eigenvalue weighted by Crippen LogP contribution is -2.61. The number of benzene rings is 1. The standard InChI is InChI=1S/C43H62N6O11/c1-11-31-43(8)35(47-40(54)60-43)25(4)32(50)23(2)22-42(7,59-41(55)48-46-19-16-28-14-12-15-29(21-28)37-44-17-13-18-45-37)36(26(5)33(51)27(6)38(53)57-31)58-39-34(52)30(49(9)10)20-24(3)56-39/h12-15,17-18,21,23-27,30-31,34-36,39,46,52H,11,16,19-20,22H2,1-10H3,(H,47,54)(H,48,55)/t23-,24-,25+,26+,27-,30+,31-,34-,35-,36-,39+,42-,43-/m1/s1. The van der Waals surface area contributed by atoms with E-state index in [2.05, 4.69) is 26.1 Å². The van der Waals surface area contributed by atoms with Crippen LogP contribution in [-0.2, 0) is 44.5 Å². The Morgan fingerprint density at radius 1 is 1.02 bits per heavy atom. The summed E-state index contributed by atoms with van der Waals surface area (Å²) in [6.07, 6.45) is -2.51. The van der Waals surface area contributed by atoms with Crippen LogP contribution in [0.1, 0.15) is 80.2 Å². The van der Waals surface area contributed by atoms with Crippen molar-refractivity contribution in [2.75, 3.05) is 20.6 Å².